The van der Waals surface area contributed by atoms with Gasteiger partial charge in [-0.2, -0.15) is 5.10 Å². The summed E-state index contributed by atoms with van der Waals surface area (Å²) < 4.78 is 34.0. The van der Waals surface area contributed by atoms with E-state index in [1.54, 1.807) is 35.0 Å². The van der Waals surface area contributed by atoms with Gasteiger partial charge in [-0.05, 0) is 66.6 Å². The number of alkyl halides is 1. The van der Waals surface area contributed by atoms with Crippen LogP contribution in [-0.4, -0.2) is 40.9 Å². The fourth-order valence-corrected chi connectivity index (χ4v) is 5.06. The Balaban J connectivity index is 1.38. The van der Waals surface area contributed by atoms with Crippen LogP contribution in [0.4, 0.5) is 14.5 Å². The average molecular weight is 503 g/mol. The minimum Gasteiger partial charge on any atom is -0.497 e. The summed E-state index contributed by atoms with van der Waals surface area (Å²) in [5.74, 6) is -0.872. The molecule has 1 aliphatic heterocycles. The lowest BCUT2D eigenvalue weighted by atomic mass is 9.99. The maximum atomic E-state index is 13.5. The predicted molar refractivity (Wildman–Crippen MR) is 134 cm³/mol. The van der Waals surface area contributed by atoms with Crippen molar-refractivity contribution in [3.63, 3.8) is 0 Å². The number of rotatable bonds is 6. The van der Waals surface area contributed by atoms with E-state index < -0.39 is 24.2 Å². The van der Waals surface area contributed by atoms with Gasteiger partial charge in [-0.1, -0.05) is 12.1 Å². The van der Waals surface area contributed by atoms with Gasteiger partial charge in [-0.3, -0.25) is 9.59 Å². The van der Waals surface area contributed by atoms with Crippen LogP contribution < -0.4 is 15.0 Å². The smallest absolute Gasteiger partial charge is 0.229 e. The first kappa shape index (κ1) is 23.1. The van der Waals surface area contributed by atoms with E-state index in [2.05, 4.69) is 10.4 Å². The molecule has 4 aromatic rings. The molecule has 1 aromatic heterocycles. The summed E-state index contributed by atoms with van der Waals surface area (Å²) in [6.45, 7) is 0. The number of nitrogens with zero attached hydrogens (tertiary/aromatic N) is 3. The van der Waals surface area contributed by atoms with Crippen LogP contribution in [-0.2, 0) is 9.59 Å². The van der Waals surface area contributed by atoms with Gasteiger partial charge in [0.05, 0.1) is 42.5 Å². The molecule has 0 spiro atoms. The number of aromatic nitrogens is 2. The SMILES string of the molecule is COc1cccc([C@H]2[C@H](NC(=O)[C@H]3C[C@H]3F)CC(=O)N2c2ccc3c(cnn3-c3ccc(F)cc3)c2)c1. The van der Waals surface area contributed by atoms with Crippen LogP contribution >= 0.6 is 0 Å². The van der Waals surface area contributed by atoms with E-state index in [1.165, 1.54) is 12.1 Å². The van der Waals surface area contributed by atoms with Crippen molar-refractivity contribution in [2.75, 3.05) is 12.0 Å². The molecule has 7 nitrogen and oxygen atoms in total. The number of carbonyl (C=O) groups excluding carboxylic acids is 2. The highest BCUT2D eigenvalue weighted by Crippen LogP contribution is 2.41. The second-order valence-electron chi connectivity index (χ2n) is 9.44. The van der Waals surface area contributed by atoms with Crippen LogP contribution in [0.1, 0.15) is 24.4 Å². The zero-order valence-electron chi connectivity index (χ0n) is 20.0. The zero-order valence-corrected chi connectivity index (χ0v) is 20.0. The molecule has 188 valence electrons. The molecule has 1 N–H and O–H groups in total. The molecular weight excluding hydrogens is 478 g/mol. The maximum Gasteiger partial charge on any atom is 0.229 e. The molecule has 37 heavy (non-hydrogen) atoms. The first-order valence-electron chi connectivity index (χ1n) is 12.1. The van der Waals surface area contributed by atoms with Crippen molar-refractivity contribution in [3.8, 4) is 11.4 Å². The summed E-state index contributed by atoms with van der Waals surface area (Å²) in [5, 5.41) is 8.17. The summed E-state index contributed by atoms with van der Waals surface area (Å²) >= 11 is 0. The van der Waals surface area contributed by atoms with Crippen molar-refractivity contribution in [1.82, 2.24) is 15.1 Å². The topological polar surface area (TPSA) is 76.5 Å². The summed E-state index contributed by atoms with van der Waals surface area (Å²) in [7, 11) is 1.57. The van der Waals surface area contributed by atoms with E-state index >= 15 is 0 Å². The molecule has 0 radical (unpaired) electrons. The second kappa shape index (κ2) is 8.99. The van der Waals surface area contributed by atoms with Gasteiger partial charge in [0.15, 0.2) is 0 Å². The van der Waals surface area contributed by atoms with Gasteiger partial charge in [0, 0.05) is 17.5 Å². The van der Waals surface area contributed by atoms with E-state index in [1.807, 2.05) is 42.5 Å². The first-order chi connectivity index (χ1) is 17.9. The highest BCUT2D eigenvalue weighted by molar-refractivity contribution is 6.00. The number of ether oxygens (including phenoxy) is 1. The van der Waals surface area contributed by atoms with E-state index in [4.69, 9.17) is 4.74 Å². The summed E-state index contributed by atoms with van der Waals surface area (Å²) in [4.78, 5) is 27.7. The van der Waals surface area contributed by atoms with Crippen molar-refractivity contribution in [1.29, 1.82) is 0 Å². The molecule has 2 aliphatic rings. The molecule has 6 rings (SSSR count). The van der Waals surface area contributed by atoms with E-state index in [0.717, 1.165) is 16.5 Å². The maximum absolute atomic E-state index is 13.5. The molecule has 1 saturated carbocycles. The number of nitrogens with one attached hydrogen (secondary N) is 1. The minimum absolute atomic E-state index is 0.0875. The number of hydrogen-bond donors (Lipinski definition) is 1. The number of benzene rings is 3. The van der Waals surface area contributed by atoms with Crippen LogP contribution in [0.2, 0.25) is 0 Å². The Bertz CT molecular complexity index is 1500. The standard InChI is InChI=1S/C28H24F2N4O3/c1-37-21-4-2-3-16(12-21)27-24(32-28(36)22-13-23(22)30)14-26(35)33(27)20-9-10-25-17(11-20)15-31-34(25)19-7-5-18(29)6-8-19/h2-12,15,22-24,27H,13-14H2,1H3,(H,32,36)/t22-,23+,24+,27-/m0/s1. The Labute approximate surface area is 211 Å². The van der Waals surface area contributed by atoms with Crippen molar-refractivity contribution in [2.24, 2.45) is 5.92 Å². The molecule has 0 unspecified atom stereocenters. The lowest BCUT2D eigenvalue weighted by Crippen LogP contribution is -2.41. The number of halogens is 2. The highest BCUT2D eigenvalue weighted by Gasteiger charge is 2.48. The van der Waals surface area contributed by atoms with E-state index in [9.17, 15) is 18.4 Å². The van der Waals surface area contributed by atoms with Gasteiger partial charge in [0.25, 0.3) is 0 Å². The van der Waals surface area contributed by atoms with Crippen molar-refractivity contribution in [3.05, 3.63) is 84.3 Å². The summed E-state index contributed by atoms with van der Waals surface area (Å²) in [6, 6.07) is 17.9. The predicted octanol–water partition coefficient (Wildman–Crippen LogP) is 4.49. The number of amides is 2. The molecule has 3 aromatic carbocycles. The van der Waals surface area contributed by atoms with Crippen LogP contribution in [0.25, 0.3) is 16.6 Å². The van der Waals surface area contributed by atoms with Gasteiger partial charge < -0.3 is 15.0 Å². The normalized spacial score (nSPS) is 22.9. The molecule has 2 fully saturated rings. The Morgan fingerprint density at radius 2 is 1.84 bits per heavy atom. The molecule has 0 bridgehead atoms. The zero-order chi connectivity index (χ0) is 25.7. The number of carbonyl (C=O) groups is 2. The van der Waals surface area contributed by atoms with E-state index in [0.29, 0.717) is 17.1 Å². The highest BCUT2D eigenvalue weighted by atomic mass is 19.1. The lowest BCUT2D eigenvalue weighted by Gasteiger charge is -2.29. The van der Waals surface area contributed by atoms with Crippen LogP contribution in [0.3, 0.4) is 0 Å². The molecule has 2 amide bonds. The molecule has 1 aliphatic carbocycles. The van der Waals surface area contributed by atoms with Gasteiger partial charge >= 0.3 is 0 Å². The number of methoxy groups -OCH3 is 1. The number of anilines is 1. The third-order valence-corrected chi connectivity index (χ3v) is 7.04. The Morgan fingerprint density at radius 3 is 2.57 bits per heavy atom. The second-order valence-corrected chi connectivity index (χ2v) is 9.44. The van der Waals surface area contributed by atoms with Crippen LogP contribution in [0.5, 0.6) is 5.75 Å². The summed E-state index contributed by atoms with van der Waals surface area (Å²) in [5.41, 5.74) is 2.96. The van der Waals surface area contributed by atoms with Gasteiger partial charge in [0.1, 0.15) is 17.7 Å². The largest absolute Gasteiger partial charge is 0.497 e. The Kier molecular flexibility index (Phi) is 5.62. The fourth-order valence-electron chi connectivity index (χ4n) is 5.06. The van der Waals surface area contributed by atoms with Crippen molar-refractivity contribution in [2.45, 2.75) is 31.1 Å². The monoisotopic (exact) mass is 502 g/mol. The third kappa shape index (κ3) is 4.20. The molecular formula is C28H24F2N4O3. The van der Waals surface area contributed by atoms with Gasteiger partial charge in [0.2, 0.25) is 11.8 Å². The molecule has 2 heterocycles. The van der Waals surface area contributed by atoms with Crippen LogP contribution in [0.15, 0.2) is 72.9 Å². The minimum atomic E-state index is -1.12. The number of hydrogen-bond acceptors (Lipinski definition) is 4. The van der Waals surface area contributed by atoms with Crippen LogP contribution in [0, 0.1) is 11.7 Å². The molecule has 4 atom stereocenters. The number of fused-ring (bicyclic) bond motifs is 1. The molecule has 9 heteroatoms. The lowest BCUT2D eigenvalue weighted by molar-refractivity contribution is -0.123. The average Bonchev–Trinajstić information content (AvgIpc) is 3.35. The van der Waals surface area contributed by atoms with E-state index in [-0.39, 0.29) is 30.5 Å². The first-order valence-corrected chi connectivity index (χ1v) is 12.1. The quantitative estimate of drug-likeness (QED) is 0.422. The van der Waals surface area contributed by atoms with Gasteiger partial charge in [-0.15, -0.1) is 0 Å². The third-order valence-electron chi connectivity index (χ3n) is 7.04. The van der Waals surface area contributed by atoms with Crippen molar-refractivity contribution < 1.29 is 23.1 Å². The van der Waals surface area contributed by atoms with Crippen molar-refractivity contribution >= 4 is 28.4 Å². The Hall–Kier alpha value is -4.27. The van der Waals surface area contributed by atoms with Gasteiger partial charge in [-0.25, -0.2) is 13.5 Å². The fraction of sp³-hybridized carbons (Fsp3) is 0.250. The summed E-state index contributed by atoms with van der Waals surface area (Å²) in [6.07, 6.45) is 0.874. The molecule has 1 saturated heterocycles. The Morgan fingerprint density at radius 1 is 1.08 bits per heavy atom.